The highest BCUT2D eigenvalue weighted by Gasteiger charge is 2.18. The van der Waals surface area contributed by atoms with E-state index in [1.54, 1.807) is 39.0 Å². The second-order valence-corrected chi connectivity index (χ2v) is 6.26. The van der Waals surface area contributed by atoms with Gasteiger partial charge in [0, 0.05) is 18.7 Å². The molecule has 0 saturated carbocycles. The topological polar surface area (TPSA) is 115 Å². The number of methoxy groups -OCH3 is 2. The van der Waals surface area contributed by atoms with Crippen LogP contribution in [0.25, 0.3) is 0 Å². The van der Waals surface area contributed by atoms with Gasteiger partial charge in [0.1, 0.15) is 11.4 Å². The first-order valence-electron chi connectivity index (χ1n) is 7.94. The molecular weight excluding hydrogens is 342 g/mol. The van der Waals surface area contributed by atoms with E-state index in [-0.39, 0.29) is 18.9 Å². The molecule has 0 saturated heterocycles. The van der Waals surface area contributed by atoms with Crippen molar-refractivity contribution >= 4 is 29.5 Å². The van der Waals surface area contributed by atoms with Crippen LogP contribution >= 0.6 is 0 Å². The summed E-state index contributed by atoms with van der Waals surface area (Å²) in [6.07, 6.45) is -1.18. The van der Waals surface area contributed by atoms with E-state index >= 15 is 0 Å². The summed E-state index contributed by atoms with van der Waals surface area (Å²) in [5.74, 6) is 0.107. The third-order valence-corrected chi connectivity index (χ3v) is 2.93. The monoisotopic (exact) mass is 367 g/mol. The Balaban J connectivity index is 2.71. The minimum absolute atomic E-state index is 0.0654. The standard InChI is InChI=1S/C17H25N3O6/c1-17(2,3)26-16(23)20-12-10-11(6-7-13(12)24-4)19-14(21)8-9-18-15(22)25-5/h6-7,10H,8-9H2,1-5H3,(H,18,22)(H,19,21)(H,20,23). The van der Waals surface area contributed by atoms with Crippen LogP contribution in [0.4, 0.5) is 21.0 Å². The lowest BCUT2D eigenvalue weighted by Gasteiger charge is -2.20. The van der Waals surface area contributed by atoms with E-state index in [1.165, 1.54) is 14.2 Å². The normalized spacial score (nSPS) is 10.5. The van der Waals surface area contributed by atoms with E-state index in [0.717, 1.165) is 0 Å². The molecule has 0 aliphatic carbocycles. The summed E-state index contributed by atoms with van der Waals surface area (Å²) in [7, 11) is 2.71. The van der Waals surface area contributed by atoms with Crippen LogP contribution in [0.15, 0.2) is 18.2 Å². The summed E-state index contributed by atoms with van der Waals surface area (Å²) in [5.41, 5.74) is 0.169. The first kappa shape index (κ1) is 21.1. The van der Waals surface area contributed by atoms with Gasteiger partial charge in [-0.1, -0.05) is 0 Å². The van der Waals surface area contributed by atoms with Gasteiger partial charge in [0.25, 0.3) is 0 Å². The van der Waals surface area contributed by atoms with Gasteiger partial charge in [0.15, 0.2) is 0 Å². The number of rotatable bonds is 6. The lowest BCUT2D eigenvalue weighted by atomic mass is 10.2. The number of hydrogen-bond acceptors (Lipinski definition) is 6. The second kappa shape index (κ2) is 9.50. The molecule has 0 unspecified atom stereocenters. The Bertz CT molecular complexity index is 654. The van der Waals surface area contributed by atoms with E-state index in [4.69, 9.17) is 9.47 Å². The van der Waals surface area contributed by atoms with Crippen LogP contribution < -0.4 is 20.7 Å². The third-order valence-electron chi connectivity index (χ3n) is 2.93. The largest absolute Gasteiger partial charge is 0.495 e. The summed E-state index contributed by atoms with van der Waals surface area (Å²) in [6, 6.07) is 4.79. The maximum absolute atomic E-state index is 11.9. The Morgan fingerprint density at radius 1 is 1.04 bits per heavy atom. The highest BCUT2D eigenvalue weighted by molar-refractivity contribution is 5.93. The fourth-order valence-corrected chi connectivity index (χ4v) is 1.87. The van der Waals surface area contributed by atoms with Crippen molar-refractivity contribution in [1.29, 1.82) is 0 Å². The van der Waals surface area contributed by atoms with Gasteiger partial charge in [-0.25, -0.2) is 9.59 Å². The fourth-order valence-electron chi connectivity index (χ4n) is 1.87. The molecule has 1 aromatic carbocycles. The first-order chi connectivity index (χ1) is 12.1. The fraction of sp³-hybridized carbons (Fsp3) is 0.471. The molecule has 0 heterocycles. The molecule has 144 valence electrons. The van der Waals surface area contributed by atoms with Crippen molar-refractivity contribution in [2.75, 3.05) is 31.4 Å². The minimum atomic E-state index is -0.643. The summed E-state index contributed by atoms with van der Waals surface area (Å²) < 4.78 is 14.8. The molecule has 0 aliphatic heterocycles. The van der Waals surface area contributed by atoms with E-state index in [9.17, 15) is 14.4 Å². The average molecular weight is 367 g/mol. The molecule has 0 radical (unpaired) electrons. The molecule has 1 aromatic rings. The molecule has 0 spiro atoms. The van der Waals surface area contributed by atoms with Crippen molar-refractivity contribution in [3.63, 3.8) is 0 Å². The number of carbonyl (C=O) groups excluding carboxylic acids is 3. The molecule has 0 bridgehead atoms. The van der Waals surface area contributed by atoms with Crippen LogP contribution in [0.5, 0.6) is 5.75 Å². The molecule has 1 rings (SSSR count). The van der Waals surface area contributed by atoms with Crippen molar-refractivity contribution in [3.05, 3.63) is 18.2 Å². The van der Waals surface area contributed by atoms with Crippen LogP contribution in [-0.4, -0.2) is 44.5 Å². The zero-order chi connectivity index (χ0) is 19.7. The van der Waals surface area contributed by atoms with Gasteiger partial charge in [-0.3, -0.25) is 10.1 Å². The minimum Gasteiger partial charge on any atom is -0.495 e. The molecule has 9 heteroatoms. The molecular formula is C17H25N3O6. The van der Waals surface area contributed by atoms with Crippen LogP contribution in [0, 0.1) is 0 Å². The van der Waals surface area contributed by atoms with Gasteiger partial charge >= 0.3 is 12.2 Å². The Kier molecular flexibility index (Phi) is 7.70. The summed E-state index contributed by atoms with van der Waals surface area (Å²) in [5, 5.41) is 7.67. The van der Waals surface area contributed by atoms with Gasteiger partial charge in [-0.05, 0) is 39.0 Å². The van der Waals surface area contributed by atoms with Gasteiger partial charge in [-0.2, -0.15) is 0 Å². The molecule has 26 heavy (non-hydrogen) atoms. The van der Waals surface area contributed by atoms with Crippen molar-refractivity contribution in [2.45, 2.75) is 32.8 Å². The summed E-state index contributed by atoms with van der Waals surface area (Å²) >= 11 is 0. The average Bonchev–Trinajstić information content (AvgIpc) is 2.53. The lowest BCUT2D eigenvalue weighted by molar-refractivity contribution is -0.116. The highest BCUT2D eigenvalue weighted by Crippen LogP contribution is 2.28. The number of benzene rings is 1. The third kappa shape index (κ3) is 7.73. The maximum Gasteiger partial charge on any atom is 0.412 e. The highest BCUT2D eigenvalue weighted by atomic mass is 16.6. The van der Waals surface area contributed by atoms with Crippen molar-refractivity contribution in [1.82, 2.24) is 5.32 Å². The van der Waals surface area contributed by atoms with Crippen LogP contribution in [0.1, 0.15) is 27.2 Å². The Labute approximate surface area is 152 Å². The zero-order valence-electron chi connectivity index (χ0n) is 15.6. The number of nitrogens with one attached hydrogen (secondary N) is 3. The molecule has 3 amide bonds. The molecule has 3 N–H and O–H groups in total. The Morgan fingerprint density at radius 3 is 2.31 bits per heavy atom. The quantitative estimate of drug-likeness (QED) is 0.712. The van der Waals surface area contributed by atoms with Gasteiger partial charge in [0.05, 0.1) is 19.9 Å². The van der Waals surface area contributed by atoms with E-state index in [2.05, 4.69) is 20.7 Å². The molecule has 9 nitrogen and oxygen atoms in total. The molecule has 0 aromatic heterocycles. The van der Waals surface area contributed by atoms with Crippen molar-refractivity contribution in [2.24, 2.45) is 0 Å². The van der Waals surface area contributed by atoms with Crippen LogP contribution in [-0.2, 0) is 14.3 Å². The van der Waals surface area contributed by atoms with Gasteiger partial charge < -0.3 is 24.8 Å². The molecule has 0 fully saturated rings. The number of alkyl carbamates (subject to hydrolysis) is 1. The van der Waals surface area contributed by atoms with Crippen LogP contribution in [0.3, 0.4) is 0 Å². The van der Waals surface area contributed by atoms with E-state index < -0.39 is 17.8 Å². The predicted molar refractivity (Wildman–Crippen MR) is 96.5 cm³/mol. The summed E-state index contributed by atoms with van der Waals surface area (Å²) in [6.45, 7) is 5.39. The number of amides is 3. The predicted octanol–water partition coefficient (Wildman–Crippen LogP) is 2.73. The maximum atomic E-state index is 11.9. The molecule has 0 aliphatic rings. The van der Waals surface area contributed by atoms with E-state index in [1.807, 2.05) is 0 Å². The SMILES string of the molecule is COC(=O)NCCC(=O)Nc1ccc(OC)c(NC(=O)OC(C)(C)C)c1. The zero-order valence-corrected chi connectivity index (χ0v) is 15.6. The Morgan fingerprint density at radius 2 is 1.73 bits per heavy atom. The van der Waals surface area contributed by atoms with Crippen molar-refractivity contribution in [3.8, 4) is 5.75 Å². The smallest absolute Gasteiger partial charge is 0.412 e. The van der Waals surface area contributed by atoms with Crippen molar-refractivity contribution < 1.29 is 28.6 Å². The van der Waals surface area contributed by atoms with Gasteiger partial charge in [0.2, 0.25) is 5.91 Å². The van der Waals surface area contributed by atoms with E-state index in [0.29, 0.717) is 17.1 Å². The van der Waals surface area contributed by atoms with Gasteiger partial charge in [-0.15, -0.1) is 0 Å². The van der Waals surface area contributed by atoms with Crippen LogP contribution in [0.2, 0.25) is 0 Å². The number of anilines is 2. The summed E-state index contributed by atoms with van der Waals surface area (Å²) in [4.78, 5) is 34.8. The second-order valence-electron chi connectivity index (χ2n) is 6.26. The number of ether oxygens (including phenoxy) is 3. The number of hydrogen-bond donors (Lipinski definition) is 3. The first-order valence-corrected chi connectivity index (χ1v) is 7.94. The Hall–Kier alpha value is -2.97. The lowest BCUT2D eigenvalue weighted by Crippen LogP contribution is -2.27. The number of carbonyl (C=O) groups is 3. The molecule has 0 atom stereocenters.